The van der Waals surface area contributed by atoms with Gasteiger partial charge in [0.1, 0.15) is 12.4 Å². The van der Waals surface area contributed by atoms with Crippen molar-refractivity contribution in [3.8, 4) is 11.5 Å². The molecule has 0 heterocycles. The Kier molecular flexibility index (Phi) is 5.04. The summed E-state index contributed by atoms with van der Waals surface area (Å²) in [6.45, 7) is 2.10. The van der Waals surface area contributed by atoms with Crippen LogP contribution in [0, 0.1) is 5.82 Å². The lowest BCUT2D eigenvalue weighted by molar-refractivity contribution is 0.305. The lowest BCUT2D eigenvalue weighted by Gasteiger charge is -2.12. The molecule has 0 saturated heterocycles. The topological polar surface area (TPSA) is 44.5 Å². The molecule has 3 nitrogen and oxygen atoms in total. The van der Waals surface area contributed by atoms with Gasteiger partial charge < -0.3 is 15.2 Å². The molecule has 2 aromatic carbocycles. The zero-order valence-electron chi connectivity index (χ0n) is 11.9. The van der Waals surface area contributed by atoms with Crippen LogP contribution in [0.25, 0.3) is 0 Å². The zero-order valence-corrected chi connectivity index (χ0v) is 12.7. The molecule has 2 N–H and O–H groups in total. The maximum Gasteiger partial charge on any atom is 0.165 e. The number of halogens is 2. The standard InChI is InChI=1S/C16H17ClFNO2/c1-10(19)12-4-6-15(13(17)8-12)21-9-11-3-5-16(20-2)14(18)7-11/h3-8,10H,9,19H2,1-2H3/t10-/m1/s1. The van der Waals surface area contributed by atoms with Gasteiger partial charge in [0.05, 0.1) is 12.1 Å². The Balaban J connectivity index is 2.08. The molecule has 0 amide bonds. The van der Waals surface area contributed by atoms with E-state index in [0.29, 0.717) is 16.3 Å². The van der Waals surface area contributed by atoms with E-state index in [1.165, 1.54) is 13.2 Å². The summed E-state index contributed by atoms with van der Waals surface area (Å²) in [5.74, 6) is 0.326. The van der Waals surface area contributed by atoms with Crippen LogP contribution in [0.1, 0.15) is 24.1 Å². The molecule has 0 radical (unpaired) electrons. The SMILES string of the molecule is COc1ccc(COc2ccc([C@@H](C)N)cc2Cl)cc1F. The molecule has 0 fully saturated rings. The first-order chi connectivity index (χ1) is 10.0. The summed E-state index contributed by atoms with van der Waals surface area (Å²) in [4.78, 5) is 0. The van der Waals surface area contributed by atoms with E-state index >= 15 is 0 Å². The van der Waals surface area contributed by atoms with E-state index in [1.807, 2.05) is 13.0 Å². The number of ether oxygens (including phenoxy) is 2. The first-order valence-electron chi connectivity index (χ1n) is 6.51. The van der Waals surface area contributed by atoms with Crippen LogP contribution in [0.2, 0.25) is 5.02 Å². The highest BCUT2D eigenvalue weighted by Crippen LogP contribution is 2.28. The summed E-state index contributed by atoms with van der Waals surface area (Å²) in [6.07, 6.45) is 0. The average molecular weight is 310 g/mol. The normalized spacial score (nSPS) is 12.0. The van der Waals surface area contributed by atoms with Gasteiger partial charge in [-0.15, -0.1) is 0 Å². The quantitative estimate of drug-likeness (QED) is 0.905. The first-order valence-corrected chi connectivity index (χ1v) is 6.89. The fourth-order valence-corrected chi connectivity index (χ4v) is 2.12. The molecule has 0 aliphatic heterocycles. The maximum absolute atomic E-state index is 13.6. The monoisotopic (exact) mass is 309 g/mol. The van der Waals surface area contributed by atoms with Gasteiger partial charge in [-0.25, -0.2) is 4.39 Å². The third kappa shape index (κ3) is 3.86. The van der Waals surface area contributed by atoms with Crippen molar-refractivity contribution < 1.29 is 13.9 Å². The van der Waals surface area contributed by atoms with Crippen molar-refractivity contribution in [2.24, 2.45) is 5.73 Å². The molecular weight excluding hydrogens is 293 g/mol. The molecule has 112 valence electrons. The second-order valence-electron chi connectivity index (χ2n) is 4.74. The maximum atomic E-state index is 13.6. The molecule has 0 unspecified atom stereocenters. The number of hydrogen-bond donors (Lipinski definition) is 1. The van der Waals surface area contributed by atoms with Crippen LogP contribution in [-0.4, -0.2) is 7.11 Å². The molecule has 2 rings (SSSR count). The van der Waals surface area contributed by atoms with Crippen LogP contribution in [0.5, 0.6) is 11.5 Å². The number of hydrogen-bond acceptors (Lipinski definition) is 3. The molecule has 0 aromatic heterocycles. The smallest absolute Gasteiger partial charge is 0.165 e. The summed E-state index contributed by atoms with van der Waals surface area (Å²) in [5, 5.41) is 0.485. The predicted molar refractivity (Wildman–Crippen MR) is 81.3 cm³/mol. The third-order valence-electron chi connectivity index (χ3n) is 3.09. The van der Waals surface area contributed by atoms with Crippen LogP contribution in [-0.2, 0) is 6.61 Å². The van der Waals surface area contributed by atoms with Gasteiger partial charge in [0.2, 0.25) is 0 Å². The molecule has 0 saturated carbocycles. The molecule has 5 heteroatoms. The van der Waals surface area contributed by atoms with Crippen molar-refractivity contribution in [2.75, 3.05) is 7.11 Å². The van der Waals surface area contributed by atoms with Gasteiger partial charge in [-0.1, -0.05) is 23.7 Å². The van der Waals surface area contributed by atoms with Crippen molar-refractivity contribution in [3.63, 3.8) is 0 Å². The summed E-state index contributed by atoms with van der Waals surface area (Å²) in [5.41, 5.74) is 7.42. The Labute approximate surface area is 128 Å². The van der Waals surface area contributed by atoms with E-state index in [9.17, 15) is 4.39 Å². The van der Waals surface area contributed by atoms with E-state index in [4.69, 9.17) is 26.8 Å². The molecule has 0 spiro atoms. The van der Waals surface area contributed by atoms with Gasteiger partial charge in [0.15, 0.2) is 11.6 Å². The lowest BCUT2D eigenvalue weighted by atomic mass is 10.1. The minimum absolute atomic E-state index is 0.0905. The average Bonchev–Trinajstić information content (AvgIpc) is 2.46. The van der Waals surface area contributed by atoms with E-state index < -0.39 is 5.82 Å². The van der Waals surface area contributed by atoms with Crippen molar-refractivity contribution in [1.82, 2.24) is 0 Å². The second-order valence-corrected chi connectivity index (χ2v) is 5.14. The van der Waals surface area contributed by atoms with Gasteiger partial charge >= 0.3 is 0 Å². The highest BCUT2D eigenvalue weighted by molar-refractivity contribution is 6.32. The molecule has 2 aromatic rings. The van der Waals surface area contributed by atoms with Crippen molar-refractivity contribution >= 4 is 11.6 Å². The van der Waals surface area contributed by atoms with Crippen LogP contribution in [0.3, 0.4) is 0 Å². The van der Waals surface area contributed by atoms with Gasteiger partial charge in [-0.05, 0) is 42.3 Å². The molecular formula is C16H17ClFNO2. The first kappa shape index (κ1) is 15.6. The number of nitrogens with two attached hydrogens (primary N) is 1. The summed E-state index contributed by atoms with van der Waals surface area (Å²) < 4.78 is 24.1. The number of rotatable bonds is 5. The fourth-order valence-electron chi connectivity index (χ4n) is 1.88. The Morgan fingerprint density at radius 2 is 1.90 bits per heavy atom. The van der Waals surface area contributed by atoms with Gasteiger partial charge in [0, 0.05) is 6.04 Å². The molecule has 0 bridgehead atoms. The van der Waals surface area contributed by atoms with Crippen LogP contribution >= 0.6 is 11.6 Å². The Hall–Kier alpha value is -1.78. The van der Waals surface area contributed by atoms with Crippen LogP contribution in [0.15, 0.2) is 36.4 Å². The Bertz CT molecular complexity index is 632. The van der Waals surface area contributed by atoms with Crippen LogP contribution < -0.4 is 15.2 Å². The lowest BCUT2D eigenvalue weighted by Crippen LogP contribution is -2.05. The molecule has 21 heavy (non-hydrogen) atoms. The third-order valence-corrected chi connectivity index (χ3v) is 3.39. The van der Waals surface area contributed by atoms with E-state index in [2.05, 4.69) is 0 Å². The molecule has 1 atom stereocenters. The predicted octanol–water partition coefficient (Wildman–Crippen LogP) is 4.09. The van der Waals surface area contributed by atoms with E-state index in [1.54, 1.807) is 24.3 Å². The van der Waals surface area contributed by atoms with Crippen molar-refractivity contribution in [1.29, 1.82) is 0 Å². The van der Waals surface area contributed by atoms with Crippen molar-refractivity contribution in [2.45, 2.75) is 19.6 Å². The number of benzene rings is 2. The minimum Gasteiger partial charge on any atom is -0.494 e. The fraction of sp³-hybridized carbons (Fsp3) is 0.250. The van der Waals surface area contributed by atoms with Crippen LogP contribution in [0.4, 0.5) is 4.39 Å². The Morgan fingerprint density at radius 3 is 2.48 bits per heavy atom. The summed E-state index contributed by atoms with van der Waals surface area (Å²) >= 11 is 6.14. The zero-order chi connectivity index (χ0) is 15.4. The minimum atomic E-state index is -0.419. The van der Waals surface area contributed by atoms with Gasteiger partial charge in [-0.2, -0.15) is 0 Å². The highest BCUT2D eigenvalue weighted by atomic mass is 35.5. The summed E-state index contributed by atoms with van der Waals surface area (Å²) in [6, 6.07) is 9.99. The van der Waals surface area contributed by atoms with Gasteiger partial charge in [0.25, 0.3) is 0 Å². The van der Waals surface area contributed by atoms with E-state index in [0.717, 1.165) is 5.56 Å². The summed E-state index contributed by atoms with van der Waals surface area (Å²) in [7, 11) is 1.42. The second kappa shape index (κ2) is 6.78. The van der Waals surface area contributed by atoms with E-state index in [-0.39, 0.29) is 18.4 Å². The Morgan fingerprint density at radius 1 is 1.19 bits per heavy atom. The number of methoxy groups -OCH3 is 1. The molecule has 0 aliphatic carbocycles. The highest BCUT2D eigenvalue weighted by Gasteiger charge is 2.08. The largest absolute Gasteiger partial charge is 0.494 e. The van der Waals surface area contributed by atoms with Crippen molar-refractivity contribution in [3.05, 3.63) is 58.4 Å². The molecule has 0 aliphatic rings. The van der Waals surface area contributed by atoms with Gasteiger partial charge in [-0.3, -0.25) is 0 Å².